The molecule has 122 valence electrons. The molecule has 0 aromatic heterocycles. The van der Waals surface area contributed by atoms with Gasteiger partial charge in [0, 0.05) is 52.7 Å². The molecule has 6 nitrogen and oxygen atoms in total. The standard InChI is InChI=1S/C15H30N4O2/c1-4-6-13(16)11-14(20)19-8-5-7-18(9-10-19)12-15(21)17(2)3/h13H,4-12,16H2,1-3H3. The van der Waals surface area contributed by atoms with Gasteiger partial charge in [0.1, 0.15) is 0 Å². The highest BCUT2D eigenvalue weighted by atomic mass is 16.2. The van der Waals surface area contributed by atoms with Crippen molar-refractivity contribution in [3.05, 3.63) is 0 Å². The molecule has 21 heavy (non-hydrogen) atoms. The van der Waals surface area contributed by atoms with Crippen LogP contribution in [0.25, 0.3) is 0 Å². The first-order valence-corrected chi connectivity index (χ1v) is 7.90. The van der Waals surface area contributed by atoms with Crippen LogP contribution in [0.15, 0.2) is 0 Å². The van der Waals surface area contributed by atoms with Gasteiger partial charge in [-0.05, 0) is 12.8 Å². The van der Waals surface area contributed by atoms with E-state index in [0.29, 0.717) is 19.5 Å². The van der Waals surface area contributed by atoms with Crippen LogP contribution in [-0.2, 0) is 9.59 Å². The zero-order valence-electron chi connectivity index (χ0n) is 13.7. The number of rotatable bonds is 6. The largest absolute Gasteiger partial charge is 0.348 e. The Morgan fingerprint density at radius 2 is 1.90 bits per heavy atom. The third-order valence-electron chi connectivity index (χ3n) is 3.90. The Morgan fingerprint density at radius 1 is 1.19 bits per heavy atom. The van der Waals surface area contributed by atoms with Gasteiger partial charge in [-0.1, -0.05) is 13.3 Å². The van der Waals surface area contributed by atoms with E-state index in [2.05, 4.69) is 11.8 Å². The molecule has 1 rings (SSSR count). The highest BCUT2D eigenvalue weighted by Gasteiger charge is 2.21. The molecule has 0 bridgehead atoms. The number of carbonyl (C=O) groups is 2. The fourth-order valence-electron chi connectivity index (χ4n) is 2.54. The first-order chi connectivity index (χ1) is 9.93. The quantitative estimate of drug-likeness (QED) is 0.756. The van der Waals surface area contributed by atoms with Gasteiger partial charge in [-0.3, -0.25) is 14.5 Å². The highest BCUT2D eigenvalue weighted by Crippen LogP contribution is 2.08. The fourth-order valence-corrected chi connectivity index (χ4v) is 2.54. The van der Waals surface area contributed by atoms with E-state index in [1.165, 1.54) is 0 Å². The molecule has 1 aliphatic heterocycles. The molecule has 1 aliphatic rings. The normalized spacial score (nSPS) is 18.2. The van der Waals surface area contributed by atoms with Crippen molar-refractivity contribution in [2.24, 2.45) is 5.73 Å². The smallest absolute Gasteiger partial charge is 0.236 e. The van der Waals surface area contributed by atoms with Crippen LogP contribution in [0.5, 0.6) is 0 Å². The van der Waals surface area contributed by atoms with Crippen molar-refractivity contribution in [3.63, 3.8) is 0 Å². The first kappa shape index (κ1) is 17.9. The number of likely N-dealkylation sites (N-methyl/N-ethyl adjacent to an activating group) is 1. The average Bonchev–Trinajstić information content (AvgIpc) is 2.64. The van der Waals surface area contributed by atoms with Gasteiger partial charge in [0.25, 0.3) is 0 Å². The van der Waals surface area contributed by atoms with Crippen molar-refractivity contribution in [2.75, 3.05) is 46.8 Å². The van der Waals surface area contributed by atoms with Crippen LogP contribution >= 0.6 is 0 Å². The average molecular weight is 298 g/mol. The molecule has 1 unspecified atom stereocenters. The first-order valence-electron chi connectivity index (χ1n) is 7.90. The minimum atomic E-state index is -0.0304. The second-order valence-electron chi connectivity index (χ2n) is 6.05. The van der Waals surface area contributed by atoms with Crippen molar-refractivity contribution in [2.45, 2.75) is 38.6 Å². The molecule has 1 fully saturated rings. The van der Waals surface area contributed by atoms with Gasteiger partial charge in [-0.25, -0.2) is 0 Å². The molecule has 2 N–H and O–H groups in total. The summed E-state index contributed by atoms with van der Waals surface area (Å²) in [4.78, 5) is 29.6. The molecule has 2 amide bonds. The molecular formula is C15H30N4O2. The number of hydrogen-bond acceptors (Lipinski definition) is 4. The Kier molecular flexibility index (Phi) is 7.67. The van der Waals surface area contributed by atoms with E-state index >= 15 is 0 Å². The number of hydrogen-bond donors (Lipinski definition) is 1. The van der Waals surface area contributed by atoms with E-state index in [9.17, 15) is 9.59 Å². The van der Waals surface area contributed by atoms with E-state index in [0.717, 1.165) is 38.9 Å². The third-order valence-corrected chi connectivity index (χ3v) is 3.90. The van der Waals surface area contributed by atoms with Gasteiger partial charge in [0.05, 0.1) is 6.54 Å². The lowest BCUT2D eigenvalue weighted by Gasteiger charge is -2.23. The second-order valence-corrected chi connectivity index (χ2v) is 6.05. The van der Waals surface area contributed by atoms with Gasteiger partial charge in [-0.15, -0.1) is 0 Å². The number of nitrogens with two attached hydrogens (primary N) is 1. The van der Waals surface area contributed by atoms with Crippen molar-refractivity contribution >= 4 is 11.8 Å². The third kappa shape index (κ3) is 6.44. The summed E-state index contributed by atoms with van der Waals surface area (Å²) in [6.45, 7) is 5.60. The minimum absolute atomic E-state index is 0.0304. The maximum Gasteiger partial charge on any atom is 0.236 e. The SMILES string of the molecule is CCCC(N)CC(=O)N1CCCN(CC(=O)N(C)C)CC1. The summed E-state index contributed by atoms with van der Waals surface area (Å²) in [7, 11) is 3.54. The molecule has 6 heteroatoms. The number of carbonyl (C=O) groups excluding carboxylic acids is 2. The minimum Gasteiger partial charge on any atom is -0.348 e. The molecule has 0 spiro atoms. The predicted molar refractivity (Wildman–Crippen MR) is 83.8 cm³/mol. The molecule has 1 atom stereocenters. The molecule has 0 aliphatic carbocycles. The zero-order chi connectivity index (χ0) is 15.8. The summed E-state index contributed by atoms with van der Waals surface area (Å²) in [6, 6.07) is -0.0304. The number of nitrogens with zero attached hydrogens (tertiary/aromatic N) is 3. The lowest BCUT2D eigenvalue weighted by Crippen LogP contribution is -2.40. The van der Waals surface area contributed by atoms with E-state index < -0.39 is 0 Å². The van der Waals surface area contributed by atoms with Crippen molar-refractivity contribution < 1.29 is 9.59 Å². The molecule has 1 saturated heterocycles. The highest BCUT2D eigenvalue weighted by molar-refractivity contribution is 5.78. The van der Waals surface area contributed by atoms with Crippen LogP contribution < -0.4 is 5.73 Å². The Hall–Kier alpha value is -1.14. The van der Waals surface area contributed by atoms with Crippen molar-refractivity contribution in [3.8, 4) is 0 Å². The van der Waals surface area contributed by atoms with Crippen LogP contribution in [0.4, 0.5) is 0 Å². The maximum absolute atomic E-state index is 12.2. The van der Waals surface area contributed by atoms with Crippen LogP contribution in [0.3, 0.4) is 0 Å². The van der Waals surface area contributed by atoms with Gasteiger partial charge < -0.3 is 15.5 Å². The lowest BCUT2D eigenvalue weighted by molar-refractivity contribution is -0.131. The fraction of sp³-hybridized carbons (Fsp3) is 0.867. The van der Waals surface area contributed by atoms with Crippen LogP contribution in [0.1, 0.15) is 32.6 Å². The van der Waals surface area contributed by atoms with E-state index in [-0.39, 0.29) is 17.9 Å². The Balaban J connectivity index is 2.41. The summed E-state index contributed by atoms with van der Waals surface area (Å²) in [6.07, 6.45) is 3.25. The molecule has 0 aromatic carbocycles. The summed E-state index contributed by atoms with van der Waals surface area (Å²) in [5.41, 5.74) is 5.95. The molecule has 0 saturated carbocycles. The molecular weight excluding hydrogens is 268 g/mol. The van der Waals surface area contributed by atoms with E-state index in [1.54, 1.807) is 19.0 Å². The molecule has 1 heterocycles. The summed E-state index contributed by atoms with van der Waals surface area (Å²) in [5.74, 6) is 0.261. The van der Waals surface area contributed by atoms with Gasteiger partial charge in [0.2, 0.25) is 11.8 Å². The maximum atomic E-state index is 12.2. The summed E-state index contributed by atoms with van der Waals surface area (Å²) < 4.78 is 0. The monoisotopic (exact) mass is 298 g/mol. The Labute approximate surface area is 128 Å². The van der Waals surface area contributed by atoms with Crippen LogP contribution in [0, 0.1) is 0 Å². The van der Waals surface area contributed by atoms with E-state index in [1.807, 2.05) is 4.90 Å². The van der Waals surface area contributed by atoms with E-state index in [4.69, 9.17) is 5.73 Å². The van der Waals surface area contributed by atoms with Crippen molar-refractivity contribution in [1.29, 1.82) is 0 Å². The predicted octanol–water partition coefficient (Wildman–Crippen LogP) is 0.126. The number of amides is 2. The molecule has 0 radical (unpaired) electrons. The Morgan fingerprint density at radius 3 is 2.52 bits per heavy atom. The van der Waals surface area contributed by atoms with Gasteiger partial charge in [-0.2, -0.15) is 0 Å². The van der Waals surface area contributed by atoms with Crippen LogP contribution in [0.2, 0.25) is 0 Å². The second kappa shape index (κ2) is 9.00. The lowest BCUT2D eigenvalue weighted by atomic mass is 10.1. The molecule has 0 aromatic rings. The summed E-state index contributed by atoms with van der Waals surface area (Å²) in [5, 5.41) is 0. The summed E-state index contributed by atoms with van der Waals surface area (Å²) >= 11 is 0. The van der Waals surface area contributed by atoms with Gasteiger partial charge in [0.15, 0.2) is 0 Å². The Bertz CT molecular complexity index is 347. The zero-order valence-corrected chi connectivity index (χ0v) is 13.7. The van der Waals surface area contributed by atoms with Crippen LogP contribution in [-0.4, -0.2) is 79.4 Å². The topological polar surface area (TPSA) is 69.9 Å². The van der Waals surface area contributed by atoms with Gasteiger partial charge >= 0.3 is 0 Å². The van der Waals surface area contributed by atoms with Crippen molar-refractivity contribution in [1.82, 2.24) is 14.7 Å².